The quantitative estimate of drug-likeness (QED) is 0.556. The number of ether oxygens (including phenoxy) is 1. The summed E-state index contributed by atoms with van der Waals surface area (Å²) in [6, 6.07) is 11.4. The normalized spacial score (nSPS) is 12.3. The van der Waals surface area contributed by atoms with Gasteiger partial charge in [0.05, 0.1) is 21.5 Å². The first kappa shape index (κ1) is 20.7. The fourth-order valence-corrected chi connectivity index (χ4v) is 3.30. The Labute approximate surface area is 176 Å². The second kappa shape index (κ2) is 8.41. The van der Waals surface area contributed by atoms with E-state index in [0.29, 0.717) is 18.0 Å². The summed E-state index contributed by atoms with van der Waals surface area (Å²) in [5.41, 5.74) is 3.49. The number of fused-ring (bicyclic) bond motifs is 2. The minimum atomic E-state index is -4.24. The first-order valence-electron chi connectivity index (χ1n) is 7.83. The summed E-state index contributed by atoms with van der Waals surface area (Å²) in [6.07, 6.45) is 3.69. The van der Waals surface area contributed by atoms with Crippen molar-refractivity contribution in [3.63, 3.8) is 0 Å². The zero-order valence-electron chi connectivity index (χ0n) is 14.6. The number of anilines is 2. The minimum Gasteiger partial charge on any atom is -0.748 e. The molecule has 130 valence electrons. The van der Waals surface area contributed by atoms with Gasteiger partial charge in [-0.2, -0.15) is 0 Å². The maximum absolute atomic E-state index is 10.9. The fourth-order valence-electron chi connectivity index (χ4n) is 2.81. The van der Waals surface area contributed by atoms with Gasteiger partial charge >= 0.3 is 29.6 Å². The van der Waals surface area contributed by atoms with Gasteiger partial charge in [0.2, 0.25) is 0 Å². The van der Waals surface area contributed by atoms with Crippen LogP contribution in [0.25, 0.3) is 12.2 Å². The largest absolute Gasteiger partial charge is 1.00 e. The third-order valence-corrected chi connectivity index (χ3v) is 4.81. The van der Waals surface area contributed by atoms with Crippen LogP contribution in [-0.2, 0) is 10.1 Å². The van der Waals surface area contributed by atoms with Crippen molar-refractivity contribution in [3.05, 3.63) is 60.7 Å². The van der Waals surface area contributed by atoms with E-state index in [4.69, 9.17) is 4.74 Å². The molecule has 1 aliphatic rings. The van der Waals surface area contributed by atoms with Gasteiger partial charge in [-0.1, -0.05) is 37.4 Å². The molecule has 0 unspecified atom stereocenters. The van der Waals surface area contributed by atoms with Gasteiger partial charge in [0.15, 0.2) is 11.5 Å². The van der Waals surface area contributed by atoms with Crippen molar-refractivity contribution >= 4 is 33.6 Å². The van der Waals surface area contributed by atoms with Crippen molar-refractivity contribution in [2.75, 3.05) is 17.2 Å². The van der Waals surface area contributed by atoms with Crippen molar-refractivity contribution in [1.29, 1.82) is 0 Å². The van der Waals surface area contributed by atoms with Gasteiger partial charge < -0.3 is 14.2 Å². The van der Waals surface area contributed by atoms with Crippen molar-refractivity contribution in [3.8, 4) is 11.5 Å². The summed E-state index contributed by atoms with van der Waals surface area (Å²) in [5.74, 6) is 0.928. The second-order valence-corrected chi connectivity index (χ2v) is 7.26. The Bertz CT molecular complexity index is 883. The molecule has 5 nitrogen and oxygen atoms in total. The van der Waals surface area contributed by atoms with Gasteiger partial charge in [-0.05, 0) is 41.8 Å². The molecule has 2 aromatic rings. The molecule has 0 aliphatic carbocycles. The molecule has 3 rings (SSSR count). The molecule has 0 fully saturated rings. The van der Waals surface area contributed by atoms with E-state index < -0.39 is 15.9 Å². The Morgan fingerprint density at radius 1 is 1.00 bits per heavy atom. The third-order valence-electron chi connectivity index (χ3n) is 4.02. The summed E-state index contributed by atoms with van der Waals surface area (Å²) in [6.45, 7) is 7.92. The summed E-state index contributed by atoms with van der Waals surface area (Å²) in [7, 11) is -4.24. The number of rotatable bonds is 6. The molecular formula is C19H18NNaO4S. The van der Waals surface area contributed by atoms with Gasteiger partial charge in [-0.25, -0.2) is 8.42 Å². The van der Waals surface area contributed by atoms with E-state index in [-0.39, 0.29) is 36.0 Å². The number of hydrogen-bond acceptors (Lipinski definition) is 5. The maximum Gasteiger partial charge on any atom is 1.00 e. The topological polar surface area (TPSA) is 69.7 Å². The van der Waals surface area contributed by atoms with Gasteiger partial charge in [-0.3, -0.25) is 0 Å². The van der Waals surface area contributed by atoms with Crippen LogP contribution in [0.1, 0.15) is 17.5 Å². The van der Waals surface area contributed by atoms with Crippen LogP contribution in [0, 0.1) is 0 Å². The standard InChI is InChI=1S/C19H19NO4S.Na/c1-3-14-6-8-16-18(12-14)24-19-13-15(4-2)7-9-17(19)20(16)10-5-11-25(21,22)23;/h3-4,6-9,12-13H,1-2,5,10-11H2,(H,21,22,23);/q;+1/p-1. The van der Waals surface area contributed by atoms with Crippen molar-refractivity contribution in [1.82, 2.24) is 0 Å². The van der Waals surface area contributed by atoms with Crippen LogP contribution in [0.5, 0.6) is 11.5 Å². The minimum absolute atomic E-state index is 0. The average Bonchev–Trinajstić information content (AvgIpc) is 2.59. The summed E-state index contributed by atoms with van der Waals surface area (Å²) < 4.78 is 38.8. The summed E-state index contributed by atoms with van der Waals surface area (Å²) in [5, 5.41) is 0. The van der Waals surface area contributed by atoms with Crippen molar-refractivity contribution < 1.29 is 47.3 Å². The van der Waals surface area contributed by atoms with E-state index in [1.807, 2.05) is 41.3 Å². The number of nitrogens with zero attached hydrogens (tertiary/aromatic N) is 1. The average molecular weight is 379 g/mol. The smallest absolute Gasteiger partial charge is 0.748 e. The number of benzene rings is 2. The molecule has 0 spiro atoms. The zero-order valence-corrected chi connectivity index (χ0v) is 17.5. The van der Waals surface area contributed by atoms with Crippen LogP contribution in [0.15, 0.2) is 49.6 Å². The molecule has 0 aromatic heterocycles. The molecule has 0 amide bonds. The van der Waals surface area contributed by atoms with E-state index in [1.54, 1.807) is 12.2 Å². The van der Waals surface area contributed by atoms with Gasteiger partial charge in [0, 0.05) is 12.3 Å². The van der Waals surface area contributed by atoms with Gasteiger partial charge in [0.1, 0.15) is 0 Å². The van der Waals surface area contributed by atoms with Crippen LogP contribution < -0.4 is 39.2 Å². The van der Waals surface area contributed by atoms with E-state index in [9.17, 15) is 13.0 Å². The Morgan fingerprint density at radius 3 is 1.92 bits per heavy atom. The van der Waals surface area contributed by atoms with Crippen LogP contribution in [0.3, 0.4) is 0 Å². The first-order valence-corrected chi connectivity index (χ1v) is 9.41. The monoisotopic (exact) mass is 379 g/mol. The van der Waals surface area contributed by atoms with Crippen LogP contribution in [0.2, 0.25) is 0 Å². The summed E-state index contributed by atoms with van der Waals surface area (Å²) in [4.78, 5) is 1.97. The Kier molecular flexibility index (Phi) is 6.71. The van der Waals surface area contributed by atoms with Crippen LogP contribution in [-0.4, -0.2) is 25.3 Å². The molecule has 0 atom stereocenters. The molecule has 0 N–H and O–H groups in total. The van der Waals surface area contributed by atoms with Crippen LogP contribution >= 0.6 is 0 Å². The zero-order chi connectivity index (χ0) is 18.0. The molecule has 1 heterocycles. The van der Waals surface area contributed by atoms with Gasteiger partial charge in [0.25, 0.3) is 0 Å². The number of hydrogen-bond donors (Lipinski definition) is 0. The van der Waals surface area contributed by atoms with E-state index in [2.05, 4.69) is 13.2 Å². The molecule has 2 aromatic carbocycles. The summed E-state index contributed by atoms with van der Waals surface area (Å²) >= 11 is 0. The SMILES string of the molecule is C=Cc1ccc2c(c1)Oc1cc(C=C)ccc1N2CCCS(=O)(=O)[O-].[Na+]. The van der Waals surface area contributed by atoms with E-state index in [1.165, 1.54) is 0 Å². The predicted octanol–water partition coefficient (Wildman–Crippen LogP) is 1.16. The first-order chi connectivity index (χ1) is 11.9. The predicted molar refractivity (Wildman–Crippen MR) is 99.3 cm³/mol. The maximum atomic E-state index is 10.9. The molecular weight excluding hydrogens is 361 g/mol. The fraction of sp³-hybridized carbons (Fsp3) is 0.158. The Hall–Kier alpha value is -1.57. The van der Waals surface area contributed by atoms with E-state index in [0.717, 1.165) is 22.5 Å². The van der Waals surface area contributed by atoms with Crippen molar-refractivity contribution in [2.24, 2.45) is 0 Å². The Balaban J connectivity index is 0.00000243. The molecule has 0 bridgehead atoms. The second-order valence-electron chi connectivity index (χ2n) is 5.73. The molecule has 0 radical (unpaired) electrons. The van der Waals surface area contributed by atoms with E-state index >= 15 is 0 Å². The molecule has 0 saturated heterocycles. The van der Waals surface area contributed by atoms with Crippen molar-refractivity contribution in [2.45, 2.75) is 6.42 Å². The molecule has 7 heteroatoms. The van der Waals surface area contributed by atoms with Crippen LogP contribution in [0.4, 0.5) is 11.4 Å². The third kappa shape index (κ3) is 4.58. The molecule has 1 aliphatic heterocycles. The molecule has 0 saturated carbocycles. The van der Waals surface area contributed by atoms with Gasteiger partial charge in [-0.15, -0.1) is 0 Å². The molecule has 26 heavy (non-hydrogen) atoms. The Morgan fingerprint density at radius 2 is 1.50 bits per heavy atom.